The summed E-state index contributed by atoms with van der Waals surface area (Å²) in [5.74, 6) is -3.00. The first-order chi connectivity index (χ1) is 9.50. The quantitative estimate of drug-likeness (QED) is 0.342. The molecule has 0 amide bonds. The van der Waals surface area contributed by atoms with Gasteiger partial charge in [0.1, 0.15) is 6.61 Å². The van der Waals surface area contributed by atoms with Crippen molar-refractivity contribution in [1.29, 1.82) is 0 Å². The van der Waals surface area contributed by atoms with Crippen LogP contribution in [0.4, 0.5) is 0 Å². The number of hydrogen-bond acceptors (Lipinski definition) is 6. The second kappa shape index (κ2) is 7.67. The number of rotatable bonds is 7. The van der Waals surface area contributed by atoms with Gasteiger partial charge in [-0.25, -0.2) is 9.59 Å². The van der Waals surface area contributed by atoms with Gasteiger partial charge in [0, 0.05) is 6.92 Å². The lowest BCUT2D eigenvalue weighted by atomic mass is 10.2. The van der Waals surface area contributed by atoms with E-state index in [4.69, 9.17) is 9.84 Å². The summed E-state index contributed by atoms with van der Waals surface area (Å²) in [4.78, 5) is 37.2. The van der Waals surface area contributed by atoms with E-state index < -0.39 is 30.0 Å². The SMILES string of the molecule is CC(=O)/C(=N/OCC(=O)OCc1ccccc1)C(=O)O. The van der Waals surface area contributed by atoms with E-state index in [9.17, 15) is 14.4 Å². The van der Waals surface area contributed by atoms with Gasteiger partial charge in [0.2, 0.25) is 12.3 Å². The molecule has 0 saturated carbocycles. The van der Waals surface area contributed by atoms with Crippen LogP contribution in [0.15, 0.2) is 35.5 Å². The Labute approximate surface area is 114 Å². The van der Waals surface area contributed by atoms with Crippen molar-refractivity contribution < 1.29 is 29.1 Å². The minimum absolute atomic E-state index is 0.0746. The number of carboxylic acids is 1. The number of hydrogen-bond donors (Lipinski definition) is 1. The van der Waals surface area contributed by atoms with Gasteiger partial charge in [-0.2, -0.15) is 0 Å². The molecule has 0 fully saturated rings. The third-order valence-electron chi connectivity index (χ3n) is 2.12. The average Bonchev–Trinajstić information content (AvgIpc) is 2.41. The number of esters is 1. The van der Waals surface area contributed by atoms with Crippen LogP contribution < -0.4 is 0 Å². The van der Waals surface area contributed by atoms with E-state index in [0.29, 0.717) is 0 Å². The van der Waals surface area contributed by atoms with E-state index in [1.807, 2.05) is 6.07 Å². The van der Waals surface area contributed by atoms with Gasteiger partial charge in [-0.05, 0) is 5.56 Å². The molecule has 0 bridgehead atoms. The second-order valence-corrected chi connectivity index (χ2v) is 3.72. The molecule has 0 aromatic heterocycles. The maximum Gasteiger partial charge on any atom is 0.361 e. The molecular weight excluding hydrogens is 266 g/mol. The summed E-state index contributed by atoms with van der Waals surface area (Å²) >= 11 is 0. The Hall–Kier alpha value is -2.70. The first-order valence-corrected chi connectivity index (χ1v) is 5.64. The van der Waals surface area contributed by atoms with Crippen LogP contribution in [0.3, 0.4) is 0 Å². The zero-order valence-electron chi connectivity index (χ0n) is 10.7. The summed E-state index contributed by atoms with van der Waals surface area (Å²) in [6, 6.07) is 9.00. The zero-order chi connectivity index (χ0) is 15.0. The molecule has 0 saturated heterocycles. The summed E-state index contributed by atoms with van der Waals surface area (Å²) in [5, 5.41) is 11.7. The van der Waals surface area contributed by atoms with Gasteiger partial charge in [0.05, 0.1) is 0 Å². The molecule has 106 valence electrons. The Balaban J connectivity index is 2.38. The molecule has 1 aromatic carbocycles. The van der Waals surface area contributed by atoms with E-state index in [2.05, 4.69) is 9.99 Å². The molecular formula is C13H13NO6. The van der Waals surface area contributed by atoms with Crippen LogP contribution in [0, 0.1) is 0 Å². The number of carbonyl (C=O) groups is 3. The Morgan fingerprint density at radius 2 is 1.85 bits per heavy atom. The summed E-state index contributed by atoms with van der Waals surface area (Å²) in [6.07, 6.45) is 0. The highest BCUT2D eigenvalue weighted by Gasteiger charge is 2.16. The fraction of sp³-hybridized carbons (Fsp3) is 0.231. The maximum atomic E-state index is 11.3. The molecule has 1 N–H and O–H groups in total. The third-order valence-corrected chi connectivity index (χ3v) is 2.12. The van der Waals surface area contributed by atoms with Crippen LogP contribution in [-0.2, 0) is 30.6 Å². The molecule has 0 aliphatic heterocycles. The topological polar surface area (TPSA) is 102 Å². The molecule has 0 spiro atoms. The van der Waals surface area contributed by atoms with Gasteiger partial charge in [-0.3, -0.25) is 4.79 Å². The average molecular weight is 279 g/mol. The summed E-state index contributed by atoms with van der Waals surface area (Å²) in [5.41, 5.74) is 0.0279. The van der Waals surface area contributed by atoms with Crippen LogP contribution in [0.2, 0.25) is 0 Å². The van der Waals surface area contributed by atoms with Crippen LogP contribution in [0.25, 0.3) is 0 Å². The Morgan fingerprint density at radius 1 is 1.20 bits per heavy atom. The van der Waals surface area contributed by atoms with Gasteiger partial charge >= 0.3 is 11.9 Å². The number of ether oxygens (including phenoxy) is 1. The van der Waals surface area contributed by atoms with Gasteiger partial charge in [0.15, 0.2) is 5.78 Å². The predicted molar refractivity (Wildman–Crippen MR) is 67.9 cm³/mol. The van der Waals surface area contributed by atoms with E-state index in [-0.39, 0.29) is 6.61 Å². The molecule has 0 unspecified atom stereocenters. The summed E-state index contributed by atoms with van der Waals surface area (Å²) < 4.78 is 4.87. The monoisotopic (exact) mass is 279 g/mol. The molecule has 0 aliphatic carbocycles. The van der Waals surface area contributed by atoms with Crippen molar-refractivity contribution in [2.75, 3.05) is 6.61 Å². The highest BCUT2D eigenvalue weighted by Crippen LogP contribution is 2.00. The standard InChI is InChI=1S/C13H13NO6/c1-9(15)12(13(17)18)14-20-8-11(16)19-7-10-5-3-2-4-6-10/h2-6H,7-8H2,1H3,(H,17,18)/b14-12-. The Kier molecular flexibility index (Phi) is 5.89. The molecule has 0 heterocycles. The smallest absolute Gasteiger partial charge is 0.361 e. The van der Waals surface area contributed by atoms with Crippen molar-refractivity contribution in [3.05, 3.63) is 35.9 Å². The summed E-state index contributed by atoms with van der Waals surface area (Å²) in [6.45, 7) is 0.534. The number of aliphatic carboxylic acids is 1. The van der Waals surface area contributed by atoms with Crippen LogP contribution >= 0.6 is 0 Å². The number of carbonyl (C=O) groups excluding carboxylic acids is 2. The maximum absolute atomic E-state index is 11.3. The summed E-state index contributed by atoms with van der Waals surface area (Å²) in [7, 11) is 0. The number of nitrogens with zero attached hydrogens (tertiary/aromatic N) is 1. The molecule has 7 heteroatoms. The molecule has 1 aromatic rings. The first kappa shape index (κ1) is 15.4. The first-order valence-electron chi connectivity index (χ1n) is 5.64. The van der Waals surface area contributed by atoms with Gasteiger partial charge in [0.25, 0.3) is 0 Å². The number of oxime groups is 1. The second-order valence-electron chi connectivity index (χ2n) is 3.72. The number of ketones is 1. The van der Waals surface area contributed by atoms with E-state index >= 15 is 0 Å². The lowest BCUT2D eigenvalue weighted by Gasteiger charge is -2.04. The molecule has 20 heavy (non-hydrogen) atoms. The molecule has 0 aliphatic rings. The van der Waals surface area contributed by atoms with Crippen molar-refractivity contribution in [3.8, 4) is 0 Å². The van der Waals surface area contributed by atoms with Crippen LogP contribution in [0.1, 0.15) is 12.5 Å². The largest absolute Gasteiger partial charge is 0.476 e. The highest BCUT2D eigenvalue weighted by molar-refractivity contribution is 6.63. The molecule has 1 rings (SSSR count). The number of benzene rings is 1. The Morgan fingerprint density at radius 3 is 2.40 bits per heavy atom. The zero-order valence-corrected chi connectivity index (χ0v) is 10.7. The van der Waals surface area contributed by atoms with Crippen molar-refractivity contribution in [2.45, 2.75) is 13.5 Å². The van der Waals surface area contributed by atoms with Crippen LogP contribution in [-0.4, -0.2) is 35.1 Å². The van der Waals surface area contributed by atoms with Crippen molar-refractivity contribution >= 4 is 23.4 Å². The van der Waals surface area contributed by atoms with Crippen molar-refractivity contribution in [2.24, 2.45) is 5.16 Å². The van der Waals surface area contributed by atoms with E-state index in [0.717, 1.165) is 12.5 Å². The van der Waals surface area contributed by atoms with Crippen LogP contribution in [0.5, 0.6) is 0 Å². The minimum atomic E-state index is -1.52. The normalized spacial score (nSPS) is 10.8. The third kappa shape index (κ3) is 5.30. The van der Waals surface area contributed by atoms with Crippen molar-refractivity contribution in [3.63, 3.8) is 0 Å². The number of carboxylic acid groups (broad SMARTS) is 1. The lowest BCUT2D eigenvalue weighted by molar-refractivity contribution is -0.150. The van der Waals surface area contributed by atoms with Gasteiger partial charge in [-0.15, -0.1) is 0 Å². The molecule has 0 atom stereocenters. The number of Topliss-reactive ketones (excluding diaryl/α,β-unsaturated/α-hetero) is 1. The van der Waals surface area contributed by atoms with E-state index in [1.54, 1.807) is 24.3 Å². The highest BCUT2D eigenvalue weighted by atomic mass is 16.7. The molecule has 0 radical (unpaired) electrons. The Bertz CT molecular complexity index is 507. The van der Waals surface area contributed by atoms with E-state index in [1.165, 1.54) is 0 Å². The minimum Gasteiger partial charge on any atom is -0.476 e. The van der Waals surface area contributed by atoms with Gasteiger partial charge in [-0.1, -0.05) is 35.5 Å². The van der Waals surface area contributed by atoms with Gasteiger partial charge < -0.3 is 14.7 Å². The fourth-order valence-corrected chi connectivity index (χ4v) is 1.18. The fourth-order valence-electron chi connectivity index (χ4n) is 1.18. The molecule has 7 nitrogen and oxygen atoms in total. The lowest BCUT2D eigenvalue weighted by Crippen LogP contribution is -2.22. The predicted octanol–water partition coefficient (Wildman–Crippen LogP) is 0.776. The van der Waals surface area contributed by atoms with Crippen molar-refractivity contribution in [1.82, 2.24) is 0 Å².